The number of hydrogen-bond acceptors (Lipinski definition) is 3. The average molecular weight is 203 g/mol. The Morgan fingerprint density at radius 3 is 2.93 bits per heavy atom. The molecule has 2 aromatic rings. The van der Waals surface area contributed by atoms with Crippen LogP contribution in [0.25, 0.3) is 17.0 Å². The van der Waals surface area contributed by atoms with Crippen LogP contribution in [-0.4, -0.2) is 14.7 Å². The summed E-state index contributed by atoms with van der Waals surface area (Å²) in [6.07, 6.45) is 2.37. The Morgan fingerprint density at radius 2 is 2.20 bits per heavy atom. The molecule has 1 aromatic heterocycles. The standard InChI is InChI=1S/C10H9N3O2/c1-12-10(6-7-13(14)15)8-4-2-3-5-9(8)11-12/h2-7H,1H3/b7-6+. The summed E-state index contributed by atoms with van der Waals surface area (Å²) in [5.41, 5.74) is 1.57. The van der Waals surface area contributed by atoms with Gasteiger partial charge in [-0.2, -0.15) is 5.10 Å². The van der Waals surface area contributed by atoms with Gasteiger partial charge in [-0.25, -0.2) is 0 Å². The summed E-state index contributed by atoms with van der Waals surface area (Å²) < 4.78 is 1.63. The monoisotopic (exact) mass is 203 g/mol. The van der Waals surface area contributed by atoms with Gasteiger partial charge in [-0.15, -0.1) is 0 Å². The highest BCUT2D eigenvalue weighted by molar-refractivity contribution is 5.86. The van der Waals surface area contributed by atoms with Gasteiger partial charge in [0.05, 0.1) is 16.1 Å². The largest absolute Gasteiger partial charge is 0.267 e. The minimum Gasteiger partial charge on any atom is -0.267 e. The van der Waals surface area contributed by atoms with Crippen LogP contribution >= 0.6 is 0 Å². The second-order valence-electron chi connectivity index (χ2n) is 3.13. The van der Waals surface area contributed by atoms with Crippen LogP contribution in [0.15, 0.2) is 30.5 Å². The first-order valence-electron chi connectivity index (χ1n) is 4.42. The molecular weight excluding hydrogens is 194 g/mol. The summed E-state index contributed by atoms with van der Waals surface area (Å²) in [6.45, 7) is 0. The Hall–Kier alpha value is -2.17. The lowest BCUT2D eigenvalue weighted by molar-refractivity contribution is -0.401. The number of rotatable bonds is 2. The fourth-order valence-corrected chi connectivity index (χ4v) is 1.50. The molecule has 76 valence electrons. The number of fused-ring (bicyclic) bond motifs is 1. The zero-order chi connectivity index (χ0) is 10.8. The van der Waals surface area contributed by atoms with Crippen molar-refractivity contribution in [3.8, 4) is 0 Å². The molecule has 0 N–H and O–H groups in total. The van der Waals surface area contributed by atoms with Gasteiger partial charge in [-0.05, 0) is 6.07 Å². The lowest BCUT2D eigenvalue weighted by atomic mass is 10.2. The van der Waals surface area contributed by atoms with E-state index in [-0.39, 0.29) is 0 Å². The molecule has 0 unspecified atom stereocenters. The van der Waals surface area contributed by atoms with Crippen molar-refractivity contribution in [2.75, 3.05) is 0 Å². The lowest BCUT2D eigenvalue weighted by Crippen LogP contribution is -1.93. The van der Waals surface area contributed by atoms with Crippen LogP contribution in [-0.2, 0) is 7.05 Å². The maximum absolute atomic E-state index is 10.2. The highest BCUT2D eigenvalue weighted by Crippen LogP contribution is 2.18. The van der Waals surface area contributed by atoms with Gasteiger partial charge < -0.3 is 0 Å². The fourth-order valence-electron chi connectivity index (χ4n) is 1.50. The summed E-state index contributed by atoms with van der Waals surface area (Å²) in [5.74, 6) is 0. The quantitative estimate of drug-likeness (QED) is 0.552. The van der Waals surface area contributed by atoms with Crippen LogP contribution in [0.5, 0.6) is 0 Å². The van der Waals surface area contributed by atoms with Crippen LogP contribution in [0.2, 0.25) is 0 Å². The number of aryl methyl sites for hydroxylation is 1. The minimum absolute atomic E-state index is 0.484. The van der Waals surface area contributed by atoms with Crippen molar-refractivity contribution in [1.82, 2.24) is 9.78 Å². The molecule has 2 rings (SSSR count). The first-order chi connectivity index (χ1) is 7.18. The van der Waals surface area contributed by atoms with Crippen molar-refractivity contribution >= 4 is 17.0 Å². The molecule has 1 heterocycles. The number of nitro groups is 1. The Bertz CT molecular complexity index is 543. The van der Waals surface area contributed by atoms with Gasteiger partial charge in [-0.3, -0.25) is 14.8 Å². The van der Waals surface area contributed by atoms with E-state index in [1.54, 1.807) is 11.7 Å². The van der Waals surface area contributed by atoms with Crippen molar-refractivity contribution in [3.05, 3.63) is 46.3 Å². The summed E-state index contributed by atoms with van der Waals surface area (Å²) in [6, 6.07) is 7.53. The highest BCUT2D eigenvalue weighted by Gasteiger charge is 2.05. The van der Waals surface area contributed by atoms with Crippen molar-refractivity contribution in [3.63, 3.8) is 0 Å². The zero-order valence-corrected chi connectivity index (χ0v) is 8.12. The van der Waals surface area contributed by atoms with Crippen molar-refractivity contribution in [2.45, 2.75) is 0 Å². The van der Waals surface area contributed by atoms with E-state index < -0.39 is 4.92 Å². The van der Waals surface area contributed by atoms with Crippen LogP contribution in [0.1, 0.15) is 5.69 Å². The number of hydrogen-bond donors (Lipinski definition) is 0. The predicted octanol–water partition coefficient (Wildman–Crippen LogP) is 1.82. The number of benzene rings is 1. The van der Waals surface area contributed by atoms with E-state index in [2.05, 4.69) is 5.10 Å². The first kappa shape index (κ1) is 9.39. The van der Waals surface area contributed by atoms with Crippen LogP contribution in [0, 0.1) is 10.1 Å². The van der Waals surface area contributed by atoms with Gasteiger partial charge in [0.1, 0.15) is 0 Å². The molecule has 15 heavy (non-hydrogen) atoms. The molecule has 0 saturated carbocycles. The van der Waals surface area contributed by atoms with E-state index in [0.717, 1.165) is 22.8 Å². The number of aromatic nitrogens is 2. The smallest absolute Gasteiger partial charge is 0.236 e. The third-order valence-corrected chi connectivity index (χ3v) is 2.14. The van der Waals surface area contributed by atoms with Crippen molar-refractivity contribution in [1.29, 1.82) is 0 Å². The molecule has 0 atom stereocenters. The Morgan fingerprint density at radius 1 is 1.47 bits per heavy atom. The van der Waals surface area contributed by atoms with Crippen LogP contribution < -0.4 is 0 Å². The van der Waals surface area contributed by atoms with E-state index in [4.69, 9.17) is 0 Å². The molecule has 0 aliphatic carbocycles. The molecule has 5 heteroatoms. The Kier molecular flexibility index (Phi) is 2.21. The summed E-state index contributed by atoms with van der Waals surface area (Å²) in [4.78, 5) is 9.75. The van der Waals surface area contributed by atoms with Crippen LogP contribution in [0.4, 0.5) is 0 Å². The summed E-state index contributed by atoms with van der Waals surface area (Å²) in [5, 5.41) is 15.4. The van der Waals surface area contributed by atoms with E-state index in [1.165, 1.54) is 6.08 Å². The molecule has 0 fully saturated rings. The Labute approximate surface area is 85.8 Å². The topological polar surface area (TPSA) is 61.0 Å². The highest BCUT2D eigenvalue weighted by atomic mass is 16.6. The summed E-state index contributed by atoms with van der Waals surface area (Å²) in [7, 11) is 1.76. The molecule has 0 aliphatic heterocycles. The van der Waals surface area contributed by atoms with E-state index in [1.807, 2.05) is 24.3 Å². The molecule has 0 spiro atoms. The summed E-state index contributed by atoms with van der Waals surface area (Å²) >= 11 is 0. The van der Waals surface area contributed by atoms with Crippen molar-refractivity contribution < 1.29 is 4.92 Å². The predicted molar refractivity (Wildman–Crippen MR) is 56.7 cm³/mol. The van der Waals surface area contributed by atoms with Gasteiger partial charge in [0.25, 0.3) is 0 Å². The van der Waals surface area contributed by atoms with E-state index in [0.29, 0.717) is 0 Å². The van der Waals surface area contributed by atoms with E-state index in [9.17, 15) is 10.1 Å². The van der Waals surface area contributed by atoms with Gasteiger partial charge in [-0.1, -0.05) is 18.2 Å². The van der Waals surface area contributed by atoms with E-state index >= 15 is 0 Å². The second-order valence-corrected chi connectivity index (χ2v) is 3.13. The molecule has 5 nitrogen and oxygen atoms in total. The fraction of sp³-hybridized carbons (Fsp3) is 0.100. The van der Waals surface area contributed by atoms with Gasteiger partial charge in [0.2, 0.25) is 6.20 Å². The molecule has 0 bridgehead atoms. The maximum Gasteiger partial charge on any atom is 0.236 e. The van der Waals surface area contributed by atoms with Crippen LogP contribution in [0.3, 0.4) is 0 Å². The first-order valence-corrected chi connectivity index (χ1v) is 4.42. The van der Waals surface area contributed by atoms with Crippen molar-refractivity contribution in [2.24, 2.45) is 7.05 Å². The second kappa shape index (κ2) is 3.53. The third-order valence-electron chi connectivity index (χ3n) is 2.14. The molecular formula is C10H9N3O2. The SMILES string of the molecule is Cn1nc2ccccc2c1/C=C/[N+](=O)[O-]. The molecule has 0 radical (unpaired) electrons. The number of nitrogens with zero attached hydrogens (tertiary/aromatic N) is 3. The maximum atomic E-state index is 10.2. The third kappa shape index (κ3) is 1.71. The average Bonchev–Trinajstić information content (AvgIpc) is 2.50. The molecule has 1 aromatic carbocycles. The molecule has 0 aliphatic rings. The van der Waals surface area contributed by atoms with Gasteiger partial charge >= 0.3 is 0 Å². The normalized spacial score (nSPS) is 11.3. The minimum atomic E-state index is -0.484. The molecule has 0 saturated heterocycles. The zero-order valence-electron chi connectivity index (χ0n) is 8.12. The van der Waals surface area contributed by atoms with Gasteiger partial charge in [0.15, 0.2) is 0 Å². The van der Waals surface area contributed by atoms with Gasteiger partial charge in [0, 0.05) is 18.5 Å². The Balaban J connectivity index is 2.59. The lowest BCUT2D eigenvalue weighted by Gasteiger charge is -1.92. The molecule has 0 amide bonds.